The zero-order valence-corrected chi connectivity index (χ0v) is 13.4. The Kier molecular flexibility index (Phi) is 3.65. The second-order valence-corrected chi connectivity index (χ2v) is 6.06. The number of carbonyl (C=O) groups is 1. The number of nitrogens with zero attached hydrogens (tertiary/aromatic N) is 3. The Morgan fingerprint density at radius 2 is 2.12 bits per heavy atom. The maximum atomic E-state index is 12.9. The molecule has 1 aliphatic rings. The van der Waals surface area contributed by atoms with E-state index in [2.05, 4.69) is 15.4 Å². The molecule has 1 atom stereocenters. The predicted molar refractivity (Wildman–Crippen MR) is 88.3 cm³/mol. The van der Waals surface area contributed by atoms with Gasteiger partial charge in [-0.25, -0.2) is 0 Å². The van der Waals surface area contributed by atoms with Gasteiger partial charge in [0.15, 0.2) is 5.76 Å². The normalized spacial score (nSPS) is 17.4. The molecule has 1 aliphatic heterocycles. The predicted octanol–water partition coefficient (Wildman–Crippen LogP) is 3.35. The van der Waals surface area contributed by atoms with Crippen LogP contribution in [0.3, 0.4) is 0 Å². The number of aromatic amines is 1. The van der Waals surface area contributed by atoms with Crippen LogP contribution in [-0.2, 0) is 0 Å². The fourth-order valence-electron chi connectivity index (χ4n) is 3.19. The van der Waals surface area contributed by atoms with E-state index in [1.807, 2.05) is 48.2 Å². The minimum absolute atomic E-state index is 0.0535. The summed E-state index contributed by atoms with van der Waals surface area (Å²) in [5.74, 6) is 0.697. The number of amides is 1. The molecule has 4 rings (SSSR count). The summed E-state index contributed by atoms with van der Waals surface area (Å²) in [7, 11) is 0. The van der Waals surface area contributed by atoms with E-state index in [-0.39, 0.29) is 11.9 Å². The fraction of sp³-hybridized carbons (Fsp3) is 0.278. The Bertz CT molecular complexity index is 853. The largest absolute Gasteiger partial charge is 0.359 e. The van der Waals surface area contributed by atoms with Gasteiger partial charge in [-0.1, -0.05) is 35.5 Å². The highest BCUT2D eigenvalue weighted by atomic mass is 16.5. The lowest BCUT2D eigenvalue weighted by atomic mass is 10.1. The van der Waals surface area contributed by atoms with Gasteiger partial charge in [-0.05, 0) is 25.8 Å². The highest BCUT2D eigenvalue weighted by Gasteiger charge is 2.33. The number of aromatic nitrogens is 3. The Hall–Kier alpha value is -2.89. The molecule has 1 aromatic carbocycles. The van der Waals surface area contributed by atoms with Gasteiger partial charge >= 0.3 is 0 Å². The van der Waals surface area contributed by atoms with Crippen LogP contribution in [0.15, 0.2) is 47.0 Å². The summed E-state index contributed by atoms with van der Waals surface area (Å²) in [6, 6.07) is 13.5. The van der Waals surface area contributed by atoms with Crippen molar-refractivity contribution in [2.45, 2.75) is 25.8 Å². The lowest BCUT2D eigenvalue weighted by molar-refractivity contribution is 0.0708. The summed E-state index contributed by atoms with van der Waals surface area (Å²) >= 11 is 0. The Balaban J connectivity index is 1.58. The highest BCUT2D eigenvalue weighted by molar-refractivity contribution is 5.93. The van der Waals surface area contributed by atoms with E-state index in [4.69, 9.17) is 4.52 Å². The van der Waals surface area contributed by atoms with Crippen molar-refractivity contribution in [2.24, 2.45) is 0 Å². The van der Waals surface area contributed by atoms with Crippen LogP contribution in [0.5, 0.6) is 0 Å². The summed E-state index contributed by atoms with van der Waals surface area (Å²) in [4.78, 5) is 14.7. The second kappa shape index (κ2) is 5.96. The van der Waals surface area contributed by atoms with Gasteiger partial charge in [-0.2, -0.15) is 5.10 Å². The van der Waals surface area contributed by atoms with E-state index in [1.165, 1.54) is 0 Å². The van der Waals surface area contributed by atoms with Crippen molar-refractivity contribution in [3.8, 4) is 11.3 Å². The van der Waals surface area contributed by atoms with Crippen LogP contribution in [0, 0.1) is 6.92 Å². The van der Waals surface area contributed by atoms with Gasteiger partial charge in [-0.15, -0.1) is 0 Å². The Labute approximate surface area is 139 Å². The first-order valence-corrected chi connectivity index (χ1v) is 8.07. The fourth-order valence-corrected chi connectivity index (χ4v) is 3.19. The molecule has 1 saturated heterocycles. The topological polar surface area (TPSA) is 75.0 Å². The first-order chi connectivity index (χ1) is 11.7. The molecule has 6 heteroatoms. The third-order valence-corrected chi connectivity index (χ3v) is 4.37. The van der Waals surface area contributed by atoms with Gasteiger partial charge < -0.3 is 9.42 Å². The molecule has 3 heterocycles. The number of H-pyrrole nitrogens is 1. The van der Waals surface area contributed by atoms with Gasteiger partial charge in [-0.3, -0.25) is 9.89 Å². The summed E-state index contributed by atoms with van der Waals surface area (Å²) in [6.45, 7) is 2.60. The van der Waals surface area contributed by atoms with Crippen molar-refractivity contribution in [1.82, 2.24) is 20.3 Å². The van der Waals surface area contributed by atoms with Gasteiger partial charge in [0.05, 0.1) is 17.4 Å². The minimum Gasteiger partial charge on any atom is -0.359 e. The van der Waals surface area contributed by atoms with E-state index >= 15 is 0 Å². The molecule has 0 bridgehead atoms. The number of nitrogens with one attached hydrogen (secondary N) is 1. The third-order valence-electron chi connectivity index (χ3n) is 4.37. The smallest absolute Gasteiger partial charge is 0.272 e. The molecule has 122 valence electrons. The molecular weight excluding hydrogens is 304 g/mol. The molecule has 1 amide bonds. The number of hydrogen-bond acceptors (Lipinski definition) is 4. The van der Waals surface area contributed by atoms with Gasteiger partial charge in [0.2, 0.25) is 0 Å². The highest BCUT2D eigenvalue weighted by Crippen LogP contribution is 2.33. The number of aryl methyl sites for hydroxylation is 1. The van der Waals surface area contributed by atoms with E-state index in [0.29, 0.717) is 12.2 Å². The van der Waals surface area contributed by atoms with E-state index in [0.717, 1.165) is 35.6 Å². The van der Waals surface area contributed by atoms with Crippen molar-refractivity contribution < 1.29 is 9.32 Å². The molecule has 0 radical (unpaired) electrons. The molecule has 2 aromatic heterocycles. The average molecular weight is 322 g/mol. The van der Waals surface area contributed by atoms with Crippen LogP contribution in [0.1, 0.15) is 40.8 Å². The molecule has 0 saturated carbocycles. The number of rotatable bonds is 3. The van der Waals surface area contributed by atoms with Crippen LogP contribution in [0.2, 0.25) is 0 Å². The van der Waals surface area contributed by atoms with Crippen LogP contribution in [0.4, 0.5) is 0 Å². The standard InChI is InChI=1S/C18H18N4O2/c1-12-10-17(24-21-12)16-8-5-9-22(16)18(23)15-11-14(19-20-15)13-6-3-2-4-7-13/h2-4,6-7,10-11,16H,5,8-9H2,1H3,(H,19,20)/t16-/m1/s1. The molecule has 0 aliphatic carbocycles. The van der Waals surface area contributed by atoms with Crippen molar-refractivity contribution in [2.75, 3.05) is 6.54 Å². The molecular formula is C18H18N4O2. The number of carbonyl (C=O) groups excluding carboxylic acids is 1. The van der Waals surface area contributed by atoms with Crippen LogP contribution in [-0.4, -0.2) is 32.7 Å². The number of likely N-dealkylation sites (tertiary alicyclic amines) is 1. The first-order valence-electron chi connectivity index (χ1n) is 8.07. The molecule has 24 heavy (non-hydrogen) atoms. The minimum atomic E-state index is -0.0544. The van der Waals surface area contributed by atoms with Gasteiger partial charge in [0, 0.05) is 18.2 Å². The van der Waals surface area contributed by atoms with Crippen LogP contribution < -0.4 is 0 Å². The second-order valence-electron chi connectivity index (χ2n) is 6.06. The monoisotopic (exact) mass is 322 g/mol. The summed E-state index contributed by atoms with van der Waals surface area (Å²) in [5.41, 5.74) is 3.08. The van der Waals surface area contributed by atoms with Crippen LogP contribution >= 0.6 is 0 Å². The van der Waals surface area contributed by atoms with E-state index in [9.17, 15) is 4.79 Å². The molecule has 0 unspecified atom stereocenters. The lowest BCUT2D eigenvalue weighted by Gasteiger charge is -2.21. The zero-order chi connectivity index (χ0) is 16.5. The molecule has 3 aromatic rings. The zero-order valence-electron chi connectivity index (χ0n) is 13.4. The quantitative estimate of drug-likeness (QED) is 0.802. The maximum Gasteiger partial charge on any atom is 0.272 e. The molecule has 1 N–H and O–H groups in total. The summed E-state index contributed by atoms with van der Waals surface area (Å²) < 4.78 is 5.37. The first kappa shape index (κ1) is 14.7. The average Bonchev–Trinajstić information content (AvgIpc) is 3.35. The maximum absolute atomic E-state index is 12.9. The molecule has 6 nitrogen and oxygen atoms in total. The van der Waals surface area contributed by atoms with Crippen molar-refractivity contribution in [3.05, 3.63) is 59.6 Å². The van der Waals surface area contributed by atoms with Crippen molar-refractivity contribution in [1.29, 1.82) is 0 Å². The Morgan fingerprint density at radius 3 is 2.88 bits per heavy atom. The van der Waals surface area contributed by atoms with Crippen LogP contribution in [0.25, 0.3) is 11.3 Å². The van der Waals surface area contributed by atoms with Crippen molar-refractivity contribution in [3.63, 3.8) is 0 Å². The van der Waals surface area contributed by atoms with Gasteiger partial charge in [0.1, 0.15) is 5.69 Å². The Morgan fingerprint density at radius 1 is 1.29 bits per heavy atom. The van der Waals surface area contributed by atoms with Crippen molar-refractivity contribution >= 4 is 5.91 Å². The van der Waals surface area contributed by atoms with E-state index < -0.39 is 0 Å². The SMILES string of the molecule is Cc1cc([C@H]2CCCN2C(=O)c2cc(-c3ccccc3)n[nH]2)on1. The van der Waals surface area contributed by atoms with E-state index in [1.54, 1.807) is 6.07 Å². The summed E-state index contributed by atoms with van der Waals surface area (Å²) in [6.07, 6.45) is 1.84. The van der Waals surface area contributed by atoms with Gasteiger partial charge in [0.25, 0.3) is 5.91 Å². The molecule has 1 fully saturated rings. The molecule has 0 spiro atoms. The number of benzene rings is 1. The summed E-state index contributed by atoms with van der Waals surface area (Å²) in [5, 5.41) is 11.1. The third kappa shape index (κ3) is 2.60. The lowest BCUT2D eigenvalue weighted by Crippen LogP contribution is -2.30. The number of hydrogen-bond donors (Lipinski definition) is 1.